The third kappa shape index (κ3) is 6.31. The highest BCUT2D eigenvalue weighted by atomic mass is 16.3. The first kappa shape index (κ1) is 39.6. The van der Waals surface area contributed by atoms with Crippen molar-refractivity contribution in [3.05, 3.63) is 112 Å². The van der Waals surface area contributed by atoms with Crippen molar-refractivity contribution < 1.29 is 4.42 Å². The Balaban J connectivity index is 1.53. The summed E-state index contributed by atoms with van der Waals surface area (Å²) >= 11 is 0. The van der Waals surface area contributed by atoms with Crippen molar-refractivity contribution in [3.63, 3.8) is 0 Å². The maximum Gasteiger partial charge on any atom is 0.297 e. The molecular formula is C53H67BN2O. The summed E-state index contributed by atoms with van der Waals surface area (Å²) in [6, 6.07) is 29.0. The predicted molar refractivity (Wildman–Crippen MR) is 248 cm³/mol. The van der Waals surface area contributed by atoms with Crippen LogP contribution in [0.5, 0.6) is 0 Å². The van der Waals surface area contributed by atoms with Gasteiger partial charge in [0.1, 0.15) is 5.76 Å². The van der Waals surface area contributed by atoms with Gasteiger partial charge in [-0.2, -0.15) is 0 Å². The molecule has 5 aromatic rings. The van der Waals surface area contributed by atoms with Crippen LogP contribution in [-0.4, -0.2) is 6.71 Å². The zero-order chi connectivity index (χ0) is 41.4. The highest BCUT2D eigenvalue weighted by molar-refractivity contribution is 6.99. The molecule has 1 aromatic heterocycles. The molecular weight excluding hydrogens is 691 g/mol. The van der Waals surface area contributed by atoms with Crippen LogP contribution in [0.15, 0.2) is 77.2 Å². The van der Waals surface area contributed by atoms with Gasteiger partial charge in [-0.25, -0.2) is 0 Å². The van der Waals surface area contributed by atoms with Crippen LogP contribution in [0.2, 0.25) is 0 Å². The van der Waals surface area contributed by atoms with Crippen molar-refractivity contribution >= 4 is 57.4 Å². The number of benzene rings is 4. The topological polar surface area (TPSA) is 19.6 Å². The molecule has 2 aliphatic heterocycles. The van der Waals surface area contributed by atoms with Gasteiger partial charge in [0.2, 0.25) is 0 Å². The Labute approximate surface area is 345 Å². The van der Waals surface area contributed by atoms with E-state index in [0.717, 1.165) is 17.8 Å². The van der Waals surface area contributed by atoms with Crippen LogP contribution >= 0.6 is 0 Å². The number of furan rings is 1. The predicted octanol–water partition coefficient (Wildman–Crippen LogP) is 13.3. The smallest absolute Gasteiger partial charge is 0.297 e. The number of nitrogens with zero attached hydrogens (tertiary/aromatic N) is 2. The van der Waals surface area contributed by atoms with E-state index in [-0.39, 0.29) is 39.7 Å². The normalized spacial score (nSPS) is 17.0. The van der Waals surface area contributed by atoms with Crippen molar-refractivity contribution in [2.75, 3.05) is 9.80 Å². The average Bonchev–Trinajstić information content (AvgIpc) is 3.54. The van der Waals surface area contributed by atoms with E-state index < -0.39 is 0 Å². The Morgan fingerprint density at radius 1 is 0.632 bits per heavy atom. The Kier molecular flexibility index (Phi) is 8.98. The fourth-order valence-corrected chi connectivity index (χ4v) is 10.0. The van der Waals surface area contributed by atoms with E-state index in [1.165, 1.54) is 91.3 Å². The number of aryl methyl sites for hydroxylation is 1. The fourth-order valence-electron chi connectivity index (χ4n) is 10.0. The molecule has 0 N–H and O–H groups in total. The molecule has 0 bridgehead atoms. The van der Waals surface area contributed by atoms with Gasteiger partial charge in [0.05, 0.1) is 11.3 Å². The van der Waals surface area contributed by atoms with Crippen molar-refractivity contribution in [2.45, 2.75) is 163 Å². The van der Waals surface area contributed by atoms with Gasteiger partial charge in [-0.1, -0.05) is 141 Å². The van der Waals surface area contributed by atoms with Crippen LogP contribution in [0, 0.1) is 0 Å². The zero-order valence-corrected chi connectivity index (χ0v) is 38.0. The Bertz CT molecular complexity index is 2370. The van der Waals surface area contributed by atoms with Gasteiger partial charge >= 0.3 is 0 Å². The van der Waals surface area contributed by atoms with Crippen LogP contribution < -0.4 is 26.4 Å². The maximum atomic E-state index is 7.49. The van der Waals surface area contributed by atoms with E-state index >= 15 is 0 Å². The van der Waals surface area contributed by atoms with E-state index in [1.54, 1.807) is 0 Å². The first-order chi connectivity index (χ1) is 26.4. The van der Waals surface area contributed by atoms with Crippen LogP contribution in [0.1, 0.15) is 169 Å². The molecule has 0 amide bonds. The summed E-state index contributed by atoms with van der Waals surface area (Å²) in [4.78, 5) is 5.20. The van der Waals surface area contributed by atoms with Gasteiger partial charge in [0.15, 0.2) is 0 Å². The molecule has 0 spiro atoms. The Morgan fingerprint density at radius 3 is 1.56 bits per heavy atom. The quantitative estimate of drug-likeness (QED) is 0.167. The second kappa shape index (κ2) is 12.9. The summed E-state index contributed by atoms with van der Waals surface area (Å²) in [6.45, 7) is 37.6. The van der Waals surface area contributed by atoms with Gasteiger partial charge in [0, 0.05) is 39.9 Å². The first-order valence-electron chi connectivity index (χ1n) is 21.8. The third-order valence-corrected chi connectivity index (χ3v) is 13.6. The highest BCUT2D eigenvalue weighted by Gasteiger charge is 2.50. The molecule has 0 atom stereocenters. The second-order valence-electron chi connectivity index (χ2n) is 22.3. The van der Waals surface area contributed by atoms with Gasteiger partial charge in [0.25, 0.3) is 6.71 Å². The molecule has 57 heavy (non-hydrogen) atoms. The second-order valence-corrected chi connectivity index (χ2v) is 22.3. The summed E-state index contributed by atoms with van der Waals surface area (Å²) in [5.41, 5.74) is 19.6. The van der Waals surface area contributed by atoms with E-state index in [1.807, 2.05) is 0 Å². The molecule has 8 rings (SSSR count). The summed E-state index contributed by atoms with van der Waals surface area (Å²) < 4.78 is 7.49. The summed E-state index contributed by atoms with van der Waals surface area (Å²) in [6.07, 6.45) is 3.29. The summed E-state index contributed by atoms with van der Waals surface area (Å²) in [5.74, 6) is 1.34. The molecule has 298 valence electrons. The van der Waals surface area contributed by atoms with E-state index in [0.29, 0.717) is 0 Å². The van der Waals surface area contributed by atoms with E-state index in [4.69, 9.17) is 4.42 Å². The number of fused-ring (bicyclic) bond motifs is 5. The molecule has 4 aromatic carbocycles. The Hall–Kier alpha value is -4.18. The summed E-state index contributed by atoms with van der Waals surface area (Å²) in [7, 11) is 0. The van der Waals surface area contributed by atoms with Crippen molar-refractivity contribution in [3.8, 4) is 0 Å². The van der Waals surface area contributed by atoms with Gasteiger partial charge in [-0.15, -0.1) is 0 Å². The zero-order valence-electron chi connectivity index (χ0n) is 38.0. The molecule has 0 saturated carbocycles. The lowest BCUT2D eigenvalue weighted by Crippen LogP contribution is -2.61. The molecule has 0 saturated heterocycles. The molecule has 3 aliphatic rings. The third-order valence-electron chi connectivity index (χ3n) is 13.6. The molecule has 3 heterocycles. The first-order valence-corrected chi connectivity index (χ1v) is 21.8. The van der Waals surface area contributed by atoms with Gasteiger partial charge in [-0.05, 0) is 128 Å². The monoisotopic (exact) mass is 759 g/mol. The SMILES string of the molecule is CCc1cc2c3c(c1)N(c1ccc(C(C)(C)C)cc1)c1c(oc(C(C)C)c1C(C)(C)C)B3c1cc3c(cc1N2c1ccc(C(C)(C)C)cc1)C(C)(C)CCC3(C)C. The standard InChI is InChI=1S/C53H67BN2O/c1-17-33-28-42-45-43(29-33)56(37-24-20-35(21-25-37)50(7,8)9)46-44(51(10,11)12)47(32(2)3)57-48(46)54(45)40-30-38-39(53(15,16)27-26-52(38,13)14)31-41(40)55(42)36-22-18-34(19-23-36)49(4,5)6/h18-25,28-32H,17,26-27H2,1-16H3. The molecule has 0 unspecified atom stereocenters. The minimum atomic E-state index is -0.150. The van der Waals surface area contributed by atoms with Gasteiger partial charge in [-0.3, -0.25) is 0 Å². The molecule has 3 nitrogen and oxygen atoms in total. The van der Waals surface area contributed by atoms with Gasteiger partial charge < -0.3 is 14.2 Å². The lowest BCUT2D eigenvalue weighted by Gasteiger charge is -2.47. The number of hydrogen-bond acceptors (Lipinski definition) is 3. The largest absolute Gasteiger partial charge is 0.472 e. The maximum absolute atomic E-state index is 7.49. The van der Waals surface area contributed by atoms with Crippen molar-refractivity contribution in [1.29, 1.82) is 0 Å². The highest BCUT2D eigenvalue weighted by Crippen LogP contribution is 2.52. The van der Waals surface area contributed by atoms with Crippen LogP contribution in [0.25, 0.3) is 0 Å². The molecule has 1 aliphatic carbocycles. The van der Waals surface area contributed by atoms with Crippen LogP contribution in [0.4, 0.5) is 34.1 Å². The van der Waals surface area contributed by atoms with E-state index in [9.17, 15) is 0 Å². The average molecular weight is 759 g/mol. The van der Waals surface area contributed by atoms with Crippen molar-refractivity contribution in [1.82, 2.24) is 0 Å². The van der Waals surface area contributed by atoms with Crippen molar-refractivity contribution in [2.24, 2.45) is 0 Å². The van der Waals surface area contributed by atoms with Crippen LogP contribution in [-0.2, 0) is 33.5 Å². The van der Waals surface area contributed by atoms with E-state index in [2.05, 4.69) is 193 Å². The molecule has 0 fully saturated rings. The lowest BCUT2D eigenvalue weighted by atomic mass is 9.35. The van der Waals surface area contributed by atoms with Crippen LogP contribution in [0.3, 0.4) is 0 Å². The minimum absolute atomic E-state index is 0.0548. The lowest BCUT2D eigenvalue weighted by molar-refractivity contribution is 0.332. The molecule has 0 radical (unpaired) electrons. The number of hydrogen-bond donors (Lipinski definition) is 0. The molecule has 4 heteroatoms. The number of anilines is 6. The minimum Gasteiger partial charge on any atom is -0.472 e. The number of rotatable bonds is 4. The fraction of sp³-hybridized carbons (Fsp3) is 0.472. The summed E-state index contributed by atoms with van der Waals surface area (Å²) in [5, 5.41) is 0. The Morgan fingerprint density at radius 2 is 1.11 bits per heavy atom.